The summed E-state index contributed by atoms with van der Waals surface area (Å²) in [5, 5.41) is 11.0. The highest BCUT2D eigenvalue weighted by atomic mass is 32.1. The molecule has 0 saturated carbocycles. The zero-order valence-corrected chi connectivity index (χ0v) is 24.3. The molecule has 10 aromatic rings. The Bertz CT molecular complexity index is 2780. The van der Waals surface area contributed by atoms with Gasteiger partial charge in [-0.3, -0.25) is 4.57 Å². The van der Waals surface area contributed by atoms with Crippen molar-refractivity contribution in [1.82, 2.24) is 14.5 Å². The van der Waals surface area contributed by atoms with Crippen molar-refractivity contribution in [3.63, 3.8) is 0 Å². The third kappa shape index (κ3) is 3.20. The first kappa shape index (κ1) is 23.9. The Kier molecular flexibility index (Phi) is 4.87. The molecular weight excluding hydrogens is 555 g/mol. The van der Waals surface area contributed by atoms with Crippen LogP contribution in [0, 0.1) is 0 Å². The van der Waals surface area contributed by atoms with Crippen LogP contribution < -0.4 is 0 Å². The van der Waals surface area contributed by atoms with Gasteiger partial charge in [-0.2, -0.15) is 0 Å². The molecule has 0 bridgehead atoms. The van der Waals surface area contributed by atoms with Crippen LogP contribution in [0.4, 0.5) is 0 Å². The molecule has 10 rings (SSSR count). The highest BCUT2D eigenvalue weighted by molar-refractivity contribution is 7.27. The van der Waals surface area contributed by atoms with Gasteiger partial charge in [0.15, 0.2) is 0 Å². The molecule has 3 aromatic heterocycles. The van der Waals surface area contributed by atoms with E-state index in [0.717, 1.165) is 33.2 Å². The lowest BCUT2D eigenvalue weighted by molar-refractivity contribution is 1.02. The Morgan fingerprint density at radius 2 is 1.14 bits per heavy atom. The standard InChI is InChI=1S/C40H23N3S/c1-2-14-25-24(12-1)13-11-20-26(25)37-29-17-5-8-21-32(29)41-40(42-37)43-33-22-9-6-18-30(33)35-36-31-19-7-10-23-34(31)44-39(36)28-16-4-3-15-27(28)38(35)43/h1-23H. The Morgan fingerprint density at radius 3 is 2.02 bits per heavy atom. The molecule has 3 nitrogen and oxygen atoms in total. The van der Waals surface area contributed by atoms with E-state index in [1.54, 1.807) is 0 Å². The van der Waals surface area contributed by atoms with E-state index in [4.69, 9.17) is 9.97 Å². The Balaban J connectivity index is 1.43. The van der Waals surface area contributed by atoms with E-state index in [1.807, 2.05) is 11.3 Å². The molecule has 204 valence electrons. The molecule has 0 amide bonds. The van der Waals surface area contributed by atoms with Gasteiger partial charge in [0.05, 0.1) is 22.2 Å². The van der Waals surface area contributed by atoms with Gasteiger partial charge >= 0.3 is 0 Å². The van der Waals surface area contributed by atoms with Crippen LogP contribution in [0.2, 0.25) is 0 Å². The number of fused-ring (bicyclic) bond motifs is 12. The summed E-state index contributed by atoms with van der Waals surface area (Å²) in [7, 11) is 0. The van der Waals surface area contributed by atoms with Crippen LogP contribution >= 0.6 is 11.3 Å². The molecule has 0 N–H and O–H groups in total. The predicted octanol–water partition coefficient (Wildman–Crippen LogP) is 11.1. The molecule has 4 heteroatoms. The summed E-state index contributed by atoms with van der Waals surface area (Å²) in [4.78, 5) is 10.7. The molecule has 0 aliphatic rings. The number of thiophene rings is 1. The lowest BCUT2D eigenvalue weighted by Crippen LogP contribution is -2.04. The zero-order valence-electron chi connectivity index (χ0n) is 23.5. The second kappa shape index (κ2) is 8.96. The van der Waals surface area contributed by atoms with Gasteiger partial charge in [-0.15, -0.1) is 11.3 Å². The van der Waals surface area contributed by atoms with Gasteiger partial charge in [0, 0.05) is 52.7 Å². The Hall–Kier alpha value is -5.58. The third-order valence-electron chi connectivity index (χ3n) is 8.98. The minimum Gasteiger partial charge on any atom is -0.277 e. The fraction of sp³-hybridized carbons (Fsp3) is 0. The molecule has 0 saturated heterocycles. The quantitative estimate of drug-likeness (QED) is 0.205. The van der Waals surface area contributed by atoms with Crippen LogP contribution in [-0.2, 0) is 0 Å². The van der Waals surface area contributed by atoms with Gasteiger partial charge < -0.3 is 0 Å². The van der Waals surface area contributed by atoms with Crippen LogP contribution in [0.25, 0.3) is 91.6 Å². The molecule has 0 fully saturated rings. The zero-order chi connectivity index (χ0) is 28.8. The van der Waals surface area contributed by atoms with Crippen molar-refractivity contribution in [1.29, 1.82) is 0 Å². The summed E-state index contributed by atoms with van der Waals surface area (Å²) in [6.45, 7) is 0. The largest absolute Gasteiger partial charge is 0.277 e. The smallest absolute Gasteiger partial charge is 0.235 e. The Morgan fingerprint density at radius 1 is 0.477 bits per heavy atom. The van der Waals surface area contributed by atoms with Crippen LogP contribution in [0.1, 0.15) is 0 Å². The van der Waals surface area contributed by atoms with Crippen molar-refractivity contribution in [2.24, 2.45) is 0 Å². The van der Waals surface area contributed by atoms with E-state index in [-0.39, 0.29) is 0 Å². The lowest BCUT2D eigenvalue weighted by atomic mass is 9.99. The molecule has 0 unspecified atom stereocenters. The predicted molar refractivity (Wildman–Crippen MR) is 187 cm³/mol. The first-order valence-corrected chi connectivity index (χ1v) is 15.7. The average Bonchev–Trinajstić information content (AvgIpc) is 3.64. The summed E-state index contributed by atoms with van der Waals surface area (Å²) in [5.74, 6) is 0.682. The maximum absolute atomic E-state index is 5.46. The second-order valence-electron chi connectivity index (χ2n) is 11.3. The third-order valence-corrected chi connectivity index (χ3v) is 10.2. The molecule has 0 radical (unpaired) electrons. The van der Waals surface area contributed by atoms with Gasteiger partial charge in [0.1, 0.15) is 0 Å². The first-order chi connectivity index (χ1) is 21.8. The minimum absolute atomic E-state index is 0.682. The topological polar surface area (TPSA) is 30.7 Å². The fourth-order valence-electron chi connectivity index (χ4n) is 7.13. The van der Waals surface area contributed by atoms with Crippen LogP contribution in [-0.4, -0.2) is 14.5 Å². The van der Waals surface area contributed by atoms with Crippen LogP contribution in [0.15, 0.2) is 140 Å². The summed E-state index contributed by atoms with van der Waals surface area (Å²) >= 11 is 1.88. The maximum atomic E-state index is 5.46. The second-order valence-corrected chi connectivity index (χ2v) is 12.4. The van der Waals surface area contributed by atoms with E-state index in [9.17, 15) is 0 Å². The SMILES string of the molecule is c1ccc2c(-c3nc(-n4c5ccccc5c5c6c7ccccc7sc6c6ccccc6c54)nc4ccccc34)cccc2c1. The van der Waals surface area contributed by atoms with E-state index in [0.29, 0.717) is 5.95 Å². The minimum atomic E-state index is 0.682. The summed E-state index contributed by atoms with van der Waals surface area (Å²) in [6.07, 6.45) is 0. The highest BCUT2D eigenvalue weighted by Crippen LogP contribution is 2.48. The van der Waals surface area contributed by atoms with Crippen molar-refractivity contribution in [2.45, 2.75) is 0 Å². The normalized spacial score (nSPS) is 12.1. The van der Waals surface area contributed by atoms with Gasteiger partial charge in [-0.25, -0.2) is 9.97 Å². The van der Waals surface area contributed by atoms with Gasteiger partial charge in [-0.05, 0) is 29.0 Å². The first-order valence-electron chi connectivity index (χ1n) is 14.9. The number of hydrogen-bond donors (Lipinski definition) is 0. The molecule has 0 aliphatic carbocycles. The van der Waals surface area contributed by atoms with Crippen molar-refractivity contribution >= 4 is 85.8 Å². The molecule has 0 spiro atoms. The number of hydrogen-bond acceptors (Lipinski definition) is 3. The molecular formula is C40H23N3S. The van der Waals surface area contributed by atoms with E-state index >= 15 is 0 Å². The van der Waals surface area contributed by atoms with E-state index in [1.165, 1.54) is 52.5 Å². The summed E-state index contributed by atoms with van der Waals surface area (Å²) < 4.78 is 4.94. The van der Waals surface area contributed by atoms with Crippen molar-refractivity contribution in [3.05, 3.63) is 140 Å². The molecule has 7 aromatic carbocycles. The lowest BCUT2D eigenvalue weighted by Gasteiger charge is -2.14. The number of para-hydroxylation sites is 2. The highest BCUT2D eigenvalue weighted by Gasteiger charge is 2.23. The number of benzene rings is 7. The molecule has 0 aliphatic heterocycles. The summed E-state index contributed by atoms with van der Waals surface area (Å²) in [6, 6.07) is 49.7. The maximum Gasteiger partial charge on any atom is 0.235 e. The molecule has 44 heavy (non-hydrogen) atoms. The summed E-state index contributed by atoms with van der Waals surface area (Å²) in [5.41, 5.74) is 5.24. The van der Waals surface area contributed by atoms with Gasteiger partial charge in [-0.1, -0.05) is 121 Å². The molecule has 3 heterocycles. The van der Waals surface area contributed by atoms with Crippen molar-refractivity contribution in [3.8, 4) is 17.2 Å². The number of aromatic nitrogens is 3. The number of nitrogens with zero attached hydrogens (tertiary/aromatic N) is 3. The van der Waals surface area contributed by atoms with Crippen LogP contribution in [0.5, 0.6) is 0 Å². The van der Waals surface area contributed by atoms with Crippen molar-refractivity contribution in [2.75, 3.05) is 0 Å². The van der Waals surface area contributed by atoms with Crippen molar-refractivity contribution < 1.29 is 0 Å². The average molecular weight is 578 g/mol. The van der Waals surface area contributed by atoms with Gasteiger partial charge in [0.2, 0.25) is 5.95 Å². The number of rotatable bonds is 2. The molecule has 0 atom stereocenters. The Labute approximate surface area is 256 Å². The van der Waals surface area contributed by atoms with Gasteiger partial charge in [0.25, 0.3) is 0 Å². The van der Waals surface area contributed by atoms with E-state index in [2.05, 4.69) is 144 Å². The fourth-order valence-corrected chi connectivity index (χ4v) is 8.38. The van der Waals surface area contributed by atoms with E-state index < -0.39 is 0 Å². The van der Waals surface area contributed by atoms with Crippen LogP contribution in [0.3, 0.4) is 0 Å². The monoisotopic (exact) mass is 577 g/mol.